The number of nitrogens with two attached hydrogens (primary N) is 1. The number of aromatic amines is 1. The number of nitrogens with one attached hydrogen (secondary N) is 1. The number of amides is 1. The fraction of sp³-hybridized carbons (Fsp3) is 0.143. The minimum absolute atomic E-state index is 0.0549. The van der Waals surface area contributed by atoms with E-state index in [0.717, 1.165) is 16.9 Å². The zero-order valence-electron chi connectivity index (χ0n) is 15.3. The molecule has 1 amide bonds. The number of benzene rings is 2. The Balaban J connectivity index is 1.89. The molecule has 0 aliphatic rings. The Bertz CT molecular complexity index is 997. The summed E-state index contributed by atoms with van der Waals surface area (Å²) in [7, 11) is 0. The summed E-state index contributed by atoms with van der Waals surface area (Å²) in [6.07, 6.45) is 0.408. The molecule has 3 aromatic rings. The summed E-state index contributed by atoms with van der Waals surface area (Å²) in [5, 5.41) is 0. The van der Waals surface area contributed by atoms with Gasteiger partial charge in [0.2, 0.25) is 0 Å². The average Bonchev–Trinajstić information content (AvgIpc) is 3.09. The molecule has 0 spiro atoms. The number of esters is 1. The van der Waals surface area contributed by atoms with Gasteiger partial charge in [0.15, 0.2) is 6.10 Å². The lowest BCUT2D eigenvalue weighted by molar-refractivity contribution is -0.604. The molecule has 0 radical (unpaired) electrons. The van der Waals surface area contributed by atoms with Crippen LogP contribution in [0, 0.1) is 6.92 Å². The van der Waals surface area contributed by atoms with Crippen molar-refractivity contribution in [2.24, 2.45) is 5.73 Å². The Morgan fingerprint density at radius 2 is 1.64 bits per heavy atom. The van der Waals surface area contributed by atoms with Crippen LogP contribution < -0.4 is 10.3 Å². The van der Waals surface area contributed by atoms with Crippen molar-refractivity contribution in [2.45, 2.75) is 19.4 Å². The van der Waals surface area contributed by atoms with Crippen LogP contribution in [0.3, 0.4) is 0 Å². The van der Waals surface area contributed by atoms with Crippen LogP contribution in [0.1, 0.15) is 21.9 Å². The molecule has 28 heavy (non-hydrogen) atoms. The summed E-state index contributed by atoms with van der Waals surface area (Å²) in [6, 6.07) is 18.2. The Morgan fingerprint density at radius 3 is 2.25 bits per heavy atom. The number of para-hydroxylation sites is 1. The number of hydrogen-bond donors (Lipinski definition) is 2. The highest BCUT2D eigenvalue weighted by Gasteiger charge is 2.33. The standard InChI is InChI=1S/C21H19N3O4/c1-14-13-23-20(24(14)16-10-6-3-7-11-16)21(27)28-17(18(25)19(22)26)12-15-8-4-2-5-9-15/h2-11,13,17H,12H2,1H3,(H2,22,26)/p+1. The summed E-state index contributed by atoms with van der Waals surface area (Å²) < 4.78 is 7.07. The highest BCUT2D eigenvalue weighted by molar-refractivity contribution is 6.37. The molecular formula is C21H20N3O4+. The third-order valence-corrected chi connectivity index (χ3v) is 4.25. The van der Waals surface area contributed by atoms with E-state index in [9.17, 15) is 14.4 Å². The van der Waals surface area contributed by atoms with Gasteiger partial charge in [-0.3, -0.25) is 9.59 Å². The number of ketones is 1. The minimum Gasteiger partial charge on any atom is -0.444 e. The number of rotatable bonds is 7. The minimum atomic E-state index is -1.31. The second-order valence-electron chi connectivity index (χ2n) is 6.26. The number of nitrogens with zero attached hydrogens (tertiary/aromatic N) is 1. The predicted molar refractivity (Wildman–Crippen MR) is 101 cm³/mol. The van der Waals surface area contributed by atoms with Crippen molar-refractivity contribution < 1.29 is 23.7 Å². The highest BCUT2D eigenvalue weighted by Crippen LogP contribution is 2.11. The largest absolute Gasteiger partial charge is 0.444 e. The first-order valence-electron chi connectivity index (χ1n) is 8.71. The molecule has 1 heterocycles. The number of H-pyrrole nitrogens is 1. The lowest BCUT2D eigenvalue weighted by Gasteiger charge is -2.14. The fourth-order valence-corrected chi connectivity index (χ4v) is 2.90. The summed E-state index contributed by atoms with van der Waals surface area (Å²) in [4.78, 5) is 39.3. The van der Waals surface area contributed by atoms with Crippen molar-refractivity contribution in [1.29, 1.82) is 0 Å². The predicted octanol–water partition coefficient (Wildman–Crippen LogP) is 1.42. The van der Waals surface area contributed by atoms with Crippen molar-refractivity contribution in [2.75, 3.05) is 0 Å². The second-order valence-corrected chi connectivity index (χ2v) is 6.26. The number of carbonyl (C=O) groups excluding carboxylic acids is 3. The lowest BCUT2D eigenvalue weighted by atomic mass is 10.0. The van der Waals surface area contributed by atoms with Gasteiger partial charge in [-0.25, -0.2) is 9.78 Å². The maximum atomic E-state index is 12.8. The lowest BCUT2D eigenvalue weighted by Crippen LogP contribution is -2.43. The van der Waals surface area contributed by atoms with E-state index in [1.165, 1.54) is 0 Å². The van der Waals surface area contributed by atoms with Gasteiger partial charge in [-0.05, 0) is 17.7 Å². The normalized spacial score (nSPS) is 11.6. The molecule has 142 valence electrons. The summed E-state index contributed by atoms with van der Waals surface area (Å²) in [5.41, 5.74) is 7.42. The molecule has 7 heteroatoms. The van der Waals surface area contributed by atoms with Gasteiger partial charge in [-0.15, -0.1) is 0 Å². The zero-order chi connectivity index (χ0) is 20.1. The summed E-state index contributed by atoms with van der Waals surface area (Å²) in [5.74, 6) is -2.72. The zero-order valence-corrected chi connectivity index (χ0v) is 15.3. The first-order chi connectivity index (χ1) is 13.5. The number of aromatic nitrogens is 2. The average molecular weight is 378 g/mol. The molecule has 0 aliphatic carbocycles. The van der Waals surface area contributed by atoms with Crippen molar-refractivity contribution >= 4 is 17.7 Å². The molecule has 0 saturated carbocycles. The van der Waals surface area contributed by atoms with Crippen LogP contribution in [-0.4, -0.2) is 28.7 Å². The van der Waals surface area contributed by atoms with E-state index in [4.69, 9.17) is 10.5 Å². The van der Waals surface area contributed by atoms with Gasteiger partial charge in [0.1, 0.15) is 17.6 Å². The molecule has 1 aromatic heterocycles. The van der Waals surface area contributed by atoms with Gasteiger partial charge in [0.05, 0.1) is 0 Å². The van der Waals surface area contributed by atoms with E-state index >= 15 is 0 Å². The van der Waals surface area contributed by atoms with Crippen molar-refractivity contribution in [1.82, 2.24) is 4.98 Å². The van der Waals surface area contributed by atoms with Gasteiger partial charge in [-0.2, -0.15) is 4.57 Å². The van der Waals surface area contributed by atoms with Gasteiger partial charge in [-0.1, -0.05) is 48.5 Å². The molecule has 3 N–H and O–H groups in total. The Hall–Kier alpha value is -3.74. The smallest absolute Gasteiger partial charge is 0.423 e. The number of primary amides is 1. The molecule has 0 saturated heterocycles. The van der Waals surface area contributed by atoms with Crippen molar-refractivity contribution in [3.63, 3.8) is 0 Å². The molecule has 2 aromatic carbocycles. The van der Waals surface area contributed by atoms with Crippen LogP contribution in [0.2, 0.25) is 0 Å². The van der Waals surface area contributed by atoms with Gasteiger partial charge in [0, 0.05) is 13.3 Å². The van der Waals surface area contributed by atoms with Crippen LogP contribution in [0.5, 0.6) is 0 Å². The first-order valence-corrected chi connectivity index (χ1v) is 8.71. The molecule has 0 bridgehead atoms. The maximum Gasteiger partial charge on any atom is 0.423 e. The van der Waals surface area contributed by atoms with E-state index in [-0.39, 0.29) is 12.2 Å². The fourth-order valence-electron chi connectivity index (χ4n) is 2.90. The summed E-state index contributed by atoms with van der Waals surface area (Å²) >= 11 is 0. The molecule has 1 atom stereocenters. The number of Topliss-reactive ketones (excluding diaryl/α,β-unsaturated/α-hetero) is 1. The van der Waals surface area contributed by atoms with E-state index < -0.39 is 23.8 Å². The maximum absolute atomic E-state index is 12.8. The topological polar surface area (TPSA) is 106 Å². The first kappa shape index (κ1) is 19.0. The number of carbonyl (C=O) groups is 3. The Morgan fingerprint density at radius 1 is 1.04 bits per heavy atom. The monoisotopic (exact) mass is 378 g/mol. The van der Waals surface area contributed by atoms with E-state index in [0.29, 0.717) is 0 Å². The van der Waals surface area contributed by atoms with Gasteiger partial charge < -0.3 is 10.5 Å². The number of aryl methyl sites for hydroxylation is 1. The molecule has 3 rings (SSSR count). The van der Waals surface area contributed by atoms with E-state index in [1.54, 1.807) is 35.0 Å². The molecule has 7 nitrogen and oxygen atoms in total. The van der Waals surface area contributed by atoms with Crippen LogP contribution >= 0.6 is 0 Å². The third-order valence-electron chi connectivity index (χ3n) is 4.25. The SMILES string of the molecule is Cc1c[nH]c(C(=O)OC(Cc2ccccc2)C(=O)C(N)=O)[n+]1-c1ccccc1. The molecule has 1 unspecified atom stereocenters. The third kappa shape index (κ3) is 4.15. The van der Waals surface area contributed by atoms with Gasteiger partial charge in [0.25, 0.3) is 11.7 Å². The molecular weight excluding hydrogens is 358 g/mol. The number of ether oxygens (including phenoxy) is 1. The molecule has 0 fully saturated rings. The van der Waals surface area contributed by atoms with E-state index in [1.807, 2.05) is 43.3 Å². The Labute approximate surface area is 161 Å². The van der Waals surface area contributed by atoms with Crippen molar-refractivity contribution in [3.05, 3.63) is 83.9 Å². The Kier molecular flexibility index (Phi) is 5.64. The van der Waals surface area contributed by atoms with Crippen LogP contribution in [-0.2, 0) is 20.7 Å². The van der Waals surface area contributed by atoms with E-state index in [2.05, 4.69) is 4.98 Å². The van der Waals surface area contributed by atoms with Crippen LogP contribution in [0.25, 0.3) is 5.69 Å². The van der Waals surface area contributed by atoms with Crippen LogP contribution in [0.15, 0.2) is 66.9 Å². The highest BCUT2D eigenvalue weighted by atomic mass is 16.5. The quantitative estimate of drug-likeness (QED) is 0.368. The number of imidazole rings is 1. The molecule has 0 aliphatic heterocycles. The van der Waals surface area contributed by atoms with Gasteiger partial charge >= 0.3 is 11.8 Å². The van der Waals surface area contributed by atoms with Crippen LogP contribution in [0.4, 0.5) is 0 Å². The summed E-state index contributed by atoms with van der Waals surface area (Å²) in [6.45, 7) is 1.83. The number of hydrogen-bond acceptors (Lipinski definition) is 4. The van der Waals surface area contributed by atoms with Crippen molar-refractivity contribution in [3.8, 4) is 5.69 Å². The second kappa shape index (κ2) is 8.30.